The van der Waals surface area contributed by atoms with Crippen LogP contribution in [0.3, 0.4) is 0 Å². The van der Waals surface area contributed by atoms with E-state index in [0.717, 1.165) is 63.1 Å². The summed E-state index contributed by atoms with van der Waals surface area (Å²) in [5, 5.41) is 11.2. The van der Waals surface area contributed by atoms with Crippen LogP contribution < -0.4 is 19.3 Å². The number of benzene rings is 2. The molecule has 0 bridgehead atoms. The second-order valence-electron chi connectivity index (χ2n) is 7.81. The number of hydrogen-bond acceptors (Lipinski definition) is 6. The standard InChI is InChI=1S/C22H29N3O4S/c1-29-22-17(16-23-30(27,28)18-9-3-2-4-10-18)15-19(24-11-5-6-12-24)21(26)20(22)25-13-7-8-14-25/h2-4,9-10,15,23,26H,5-8,11-14,16H2,1H3. The normalized spacial score (nSPS) is 17.0. The highest BCUT2D eigenvalue weighted by Gasteiger charge is 2.28. The zero-order chi connectivity index (χ0) is 21.1. The maximum atomic E-state index is 12.7. The summed E-state index contributed by atoms with van der Waals surface area (Å²) in [6.07, 6.45) is 4.29. The van der Waals surface area contributed by atoms with Gasteiger partial charge < -0.3 is 19.6 Å². The lowest BCUT2D eigenvalue weighted by atomic mass is 10.1. The zero-order valence-electron chi connectivity index (χ0n) is 17.3. The molecule has 0 saturated carbocycles. The summed E-state index contributed by atoms with van der Waals surface area (Å²) in [4.78, 5) is 4.54. The average Bonchev–Trinajstić information content (AvgIpc) is 3.47. The molecule has 0 aromatic heterocycles. The van der Waals surface area contributed by atoms with E-state index in [9.17, 15) is 13.5 Å². The van der Waals surface area contributed by atoms with E-state index in [1.807, 2.05) is 6.07 Å². The molecular weight excluding hydrogens is 402 g/mol. The summed E-state index contributed by atoms with van der Waals surface area (Å²) in [5.74, 6) is 0.762. The van der Waals surface area contributed by atoms with Crippen LogP contribution in [0.5, 0.6) is 11.5 Å². The molecule has 4 rings (SSSR count). The minimum atomic E-state index is -3.65. The highest BCUT2D eigenvalue weighted by molar-refractivity contribution is 7.89. The molecule has 2 saturated heterocycles. The van der Waals surface area contributed by atoms with Gasteiger partial charge >= 0.3 is 0 Å². The summed E-state index contributed by atoms with van der Waals surface area (Å²) in [7, 11) is -2.08. The Hall–Kier alpha value is -2.45. The first kappa shape index (κ1) is 20.8. The first-order valence-corrected chi connectivity index (χ1v) is 12.0. The Morgan fingerprint density at radius 2 is 1.60 bits per heavy atom. The van der Waals surface area contributed by atoms with Crippen LogP contribution in [0.15, 0.2) is 41.3 Å². The predicted octanol–water partition coefficient (Wildman–Crippen LogP) is 3.08. The number of sulfonamides is 1. The van der Waals surface area contributed by atoms with Crippen LogP contribution in [0.1, 0.15) is 31.2 Å². The molecule has 0 spiro atoms. The number of nitrogens with zero attached hydrogens (tertiary/aromatic N) is 2. The van der Waals surface area contributed by atoms with Crippen LogP contribution in [0.2, 0.25) is 0 Å². The molecule has 8 heteroatoms. The Labute approximate surface area is 178 Å². The first-order chi connectivity index (χ1) is 14.5. The van der Waals surface area contributed by atoms with Crippen LogP contribution in [-0.2, 0) is 16.6 Å². The van der Waals surface area contributed by atoms with E-state index in [1.165, 1.54) is 0 Å². The van der Waals surface area contributed by atoms with E-state index < -0.39 is 10.0 Å². The summed E-state index contributed by atoms with van der Waals surface area (Å²) in [5.41, 5.74) is 2.15. The maximum absolute atomic E-state index is 12.7. The molecule has 2 aromatic rings. The number of aromatic hydroxyl groups is 1. The summed E-state index contributed by atoms with van der Waals surface area (Å²) in [6, 6.07) is 10.2. The lowest BCUT2D eigenvalue weighted by Crippen LogP contribution is -2.26. The second kappa shape index (κ2) is 8.73. The molecule has 162 valence electrons. The van der Waals surface area contributed by atoms with Gasteiger partial charge in [-0.2, -0.15) is 0 Å². The van der Waals surface area contributed by atoms with Gasteiger partial charge in [0.25, 0.3) is 0 Å². The molecule has 0 amide bonds. The summed E-state index contributed by atoms with van der Waals surface area (Å²) < 4.78 is 33.9. The molecule has 2 N–H and O–H groups in total. The number of ether oxygens (including phenoxy) is 1. The fourth-order valence-electron chi connectivity index (χ4n) is 4.33. The molecule has 0 aliphatic carbocycles. The number of hydrogen-bond donors (Lipinski definition) is 2. The van der Waals surface area contributed by atoms with Gasteiger partial charge in [0.2, 0.25) is 10.0 Å². The molecule has 2 aliphatic heterocycles. The van der Waals surface area contributed by atoms with Gasteiger partial charge in [0.15, 0.2) is 11.5 Å². The quantitative estimate of drug-likeness (QED) is 0.701. The van der Waals surface area contributed by atoms with Crippen LogP contribution >= 0.6 is 0 Å². The highest BCUT2D eigenvalue weighted by Crippen LogP contribution is 2.48. The number of rotatable bonds is 7. The number of phenols is 1. The van der Waals surface area contributed by atoms with Crippen molar-refractivity contribution in [3.05, 3.63) is 42.0 Å². The third-order valence-corrected chi connectivity index (χ3v) is 7.28. The fraction of sp³-hybridized carbons (Fsp3) is 0.455. The van der Waals surface area contributed by atoms with Gasteiger partial charge in [-0.1, -0.05) is 18.2 Å². The van der Waals surface area contributed by atoms with Crippen LogP contribution in [0, 0.1) is 0 Å². The third-order valence-electron chi connectivity index (χ3n) is 5.86. The van der Waals surface area contributed by atoms with Gasteiger partial charge in [0, 0.05) is 38.3 Å². The van der Waals surface area contributed by atoms with Crippen molar-refractivity contribution in [3.8, 4) is 11.5 Å². The largest absolute Gasteiger partial charge is 0.504 e. The Balaban J connectivity index is 1.72. The molecule has 0 unspecified atom stereocenters. The average molecular weight is 432 g/mol. The Morgan fingerprint density at radius 3 is 2.20 bits per heavy atom. The lowest BCUT2D eigenvalue weighted by molar-refractivity contribution is 0.402. The van der Waals surface area contributed by atoms with E-state index in [4.69, 9.17) is 4.74 Å². The number of methoxy groups -OCH3 is 1. The number of anilines is 2. The molecule has 0 radical (unpaired) electrons. The van der Waals surface area contributed by atoms with Crippen molar-refractivity contribution in [1.29, 1.82) is 0 Å². The predicted molar refractivity (Wildman–Crippen MR) is 118 cm³/mol. The Morgan fingerprint density at radius 1 is 1.00 bits per heavy atom. The number of phenolic OH excluding ortho intramolecular Hbond substituents is 1. The van der Waals surface area contributed by atoms with Gasteiger partial charge in [0.1, 0.15) is 5.69 Å². The van der Waals surface area contributed by atoms with Crippen molar-refractivity contribution in [2.24, 2.45) is 0 Å². The smallest absolute Gasteiger partial charge is 0.240 e. The van der Waals surface area contributed by atoms with Crippen molar-refractivity contribution < 1.29 is 18.3 Å². The van der Waals surface area contributed by atoms with Crippen molar-refractivity contribution in [2.45, 2.75) is 37.1 Å². The van der Waals surface area contributed by atoms with E-state index in [1.54, 1.807) is 37.4 Å². The molecular formula is C22H29N3O4S. The van der Waals surface area contributed by atoms with Crippen LogP contribution in [0.25, 0.3) is 0 Å². The zero-order valence-corrected chi connectivity index (χ0v) is 18.1. The van der Waals surface area contributed by atoms with Gasteiger partial charge in [-0.05, 0) is 43.9 Å². The minimum Gasteiger partial charge on any atom is -0.504 e. The van der Waals surface area contributed by atoms with Crippen LogP contribution in [-0.4, -0.2) is 46.8 Å². The molecule has 2 aliphatic rings. The topological polar surface area (TPSA) is 82.1 Å². The number of nitrogens with one attached hydrogen (secondary N) is 1. The Kier molecular flexibility index (Phi) is 6.06. The first-order valence-electron chi connectivity index (χ1n) is 10.5. The lowest BCUT2D eigenvalue weighted by Gasteiger charge is -2.28. The summed E-state index contributed by atoms with van der Waals surface area (Å²) >= 11 is 0. The van der Waals surface area contributed by atoms with Gasteiger partial charge in [-0.25, -0.2) is 13.1 Å². The second-order valence-corrected chi connectivity index (χ2v) is 9.58. The molecule has 2 aromatic carbocycles. The monoisotopic (exact) mass is 431 g/mol. The van der Waals surface area contributed by atoms with Gasteiger partial charge in [-0.3, -0.25) is 0 Å². The maximum Gasteiger partial charge on any atom is 0.240 e. The van der Waals surface area contributed by atoms with Crippen molar-refractivity contribution in [3.63, 3.8) is 0 Å². The molecule has 30 heavy (non-hydrogen) atoms. The SMILES string of the molecule is COc1c(CNS(=O)(=O)c2ccccc2)cc(N2CCCC2)c(O)c1N1CCCC1. The third kappa shape index (κ3) is 4.06. The van der Waals surface area contributed by atoms with E-state index in [-0.39, 0.29) is 17.2 Å². The van der Waals surface area contributed by atoms with Gasteiger partial charge in [0.05, 0.1) is 17.7 Å². The molecule has 2 fully saturated rings. The van der Waals surface area contributed by atoms with Gasteiger partial charge in [-0.15, -0.1) is 0 Å². The summed E-state index contributed by atoms with van der Waals surface area (Å²) in [6.45, 7) is 3.55. The highest BCUT2D eigenvalue weighted by atomic mass is 32.2. The molecule has 7 nitrogen and oxygen atoms in total. The van der Waals surface area contributed by atoms with E-state index >= 15 is 0 Å². The van der Waals surface area contributed by atoms with E-state index in [0.29, 0.717) is 11.4 Å². The van der Waals surface area contributed by atoms with E-state index in [2.05, 4.69) is 14.5 Å². The Bertz CT molecular complexity index is 983. The van der Waals surface area contributed by atoms with Crippen molar-refractivity contribution in [1.82, 2.24) is 4.72 Å². The van der Waals surface area contributed by atoms with Crippen LogP contribution in [0.4, 0.5) is 11.4 Å². The fourth-order valence-corrected chi connectivity index (χ4v) is 5.36. The van der Waals surface area contributed by atoms with Crippen molar-refractivity contribution in [2.75, 3.05) is 43.1 Å². The molecule has 0 atom stereocenters. The molecule has 2 heterocycles. The minimum absolute atomic E-state index is 0.0857. The van der Waals surface area contributed by atoms with Crippen molar-refractivity contribution >= 4 is 21.4 Å².